The van der Waals surface area contributed by atoms with E-state index < -0.39 is 0 Å². The number of carbonyl (C=O) groups is 1. The summed E-state index contributed by atoms with van der Waals surface area (Å²) >= 11 is 0. The number of rotatable bonds is 10. The Kier molecular flexibility index (Phi) is 9.51. The molecule has 0 aliphatic heterocycles. The van der Waals surface area contributed by atoms with Gasteiger partial charge in [-0.3, -0.25) is 9.79 Å². The van der Waals surface area contributed by atoms with Crippen molar-refractivity contribution in [3.05, 3.63) is 59.7 Å². The lowest BCUT2D eigenvalue weighted by Gasteiger charge is -2.20. The zero-order valence-electron chi connectivity index (χ0n) is 18.2. The molecule has 7 nitrogen and oxygen atoms in total. The fraction of sp³-hybridized carbons (Fsp3) is 0.391. The number of carbonyl (C=O) groups excluding carboxylic acids is 1. The van der Waals surface area contributed by atoms with Crippen LogP contribution in [0.1, 0.15) is 42.7 Å². The lowest BCUT2D eigenvalue weighted by molar-refractivity contribution is 0.0954. The van der Waals surface area contributed by atoms with E-state index in [1.54, 1.807) is 19.2 Å². The third kappa shape index (κ3) is 6.99. The van der Waals surface area contributed by atoms with Gasteiger partial charge in [-0.2, -0.15) is 0 Å². The van der Waals surface area contributed by atoms with Gasteiger partial charge in [0.15, 0.2) is 17.5 Å². The highest BCUT2D eigenvalue weighted by molar-refractivity contribution is 5.94. The summed E-state index contributed by atoms with van der Waals surface area (Å²) in [6, 6.07) is 15.1. The van der Waals surface area contributed by atoms with Crippen LogP contribution in [-0.2, 0) is 0 Å². The van der Waals surface area contributed by atoms with E-state index in [0.717, 1.165) is 17.1 Å². The number of aliphatic imine (C=N–C) groups is 1. The van der Waals surface area contributed by atoms with Crippen molar-refractivity contribution >= 4 is 11.9 Å². The Hall–Kier alpha value is -3.22. The Morgan fingerprint density at radius 2 is 1.63 bits per heavy atom. The molecule has 2 rings (SSSR count). The number of ether oxygens (including phenoxy) is 2. The smallest absolute Gasteiger partial charge is 0.251 e. The summed E-state index contributed by atoms with van der Waals surface area (Å²) in [7, 11) is 1.72. The second kappa shape index (κ2) is 12.4. The van der Waals surface area contributed by atoms with Crippen molar-refractivity contribution in [1.29, 1.82) is 0 Å². The number of hydrogen-bond donors (Lipinski definition) is 3. The summed E-state index contributed by atoms with van der Waals surface area (Å²) in [6.45, 7) is 8.15. The van der Waals surface area contributed by atoms with Gasteiger partial charge in [-0.25, -0.2) is 0 Å². The highest BCUT2D eigenvalue weighted by Crippen LogP contribution is 2.30. The summed E-state index contributed by atoms with van der Waals surface area (Å²) in [5.74, 6) is 2.04. The van der Waals surface area contributed by atoms with Crippen molar-refractivity contribution in [1.82, 2.24) is 16.0 Å². The molecule has 0 spiro atoms. The van der Waals surface area contributed by atoms with Crippen LogP contribution in [0.4, 0.5) is 0 Å². The van der Waals surface area contributed by atoms with E-state index in [1.807, 2.05) is 50.2 Å². The predicted octanol–water partition coefficient (Wildman–Crippen LogP) is 3.14. The van der Waals surface area contributed by atoms with Crippen LogP contribution in [0.15, 0.2) is 53.5 Å². The molecule has 1 amide bonds. The third-order valence-corrected chi connectivity index (χ3v) is 4.38. The summed E-state index contributed by atoms with van der Waals surface area (Å²) in [6.07, 6.45) is 0. The molecular formula is C23H32N4O3. The zero-order valence-corrected chi connectivity index (χ0v) is 18.2. The van der Waals surface area contributed by atoms with E-state index >= 15 is 0 Å². The van der Waals surface area contributed by atoms with Gasteiger partial charge in [0.25, 0.3) is 5.91 Å². The maximum atomic E-state index is 12.1. The first-order valence-electron chi connectivity index (χ1n) is 10.3. The average Bonchev–Trinajstić information content (AvgIpc) is 2.77. The molecule has 0 saturated carbocycles. The molecule has 0 aliphatic rings. The standard InChI is InChI=1S/C23H32N4O3/c1-5-29-20-13-12-19(16-21(20)30-6-2)17(3)27-23(24-4)26-15-14-25-22(28)18-10-8-7-9-11-18/h7-13,16-17H,5-6,14-15H2,1-4H3,(H,25,28)(H2,24,26,27). The van der Waals surface area contributed by atoms with Gasteiger partial charge in [0.05, 0.1) is 19.3 Å². The van der Waals surface area contributed by atoms with Crippen molar-refractivity contribution in [2.24, 2.45) is 4.99 Å². The number of guanidine groups is 1. The molecule has 162 valence electrons. The number of nitrogens with zero attached hydrogens (tertiary/aromatic N) is 1. The van der Waals surface area contributed by atoms with Crippen molar-refractivity contribution in [2.75, 3.05) is 33.4 Å². The van der Waals surface area contributed by atoms with Crippen molar-refractivity contribution < 1.29 is 14.3 Å². The molecule has 0 heterocycles. The number of amides is 1. The minimum absolute atomic E-state index is 0.00462. The van der Waals surface area contributed by atoms with Crippen molar-refractivity contribution in [2.45, 2.75) is 26.8 Å². The first-order valence-corrected chi connectivity index (χ1v) is 10.3. The molecule has 3 N–H and O–H groups in total. The van der Waals surface area contributed by atoms with E-state index in [2.05, 4.69) is 27.9 Å². The number of hydrogen-bond acceptors (Lipinski definition) is 4. The van der Waals surface area contributed by atoms with Gasteiger partial charge in [-0.05, 0) is 50.6 Å². The molecule has 1 unspecified atom stereocenters. The van der Waals surface area contributed by atoms with E-state index in [1.165, 1.54) is 0 Å². The van der Waals surface area contributed by atoms with Crippen LogP contribution >= 0.6 is 0 Å². The van der Waals surface area contributed by atoms with Crippen LogP contribution < -0.4 is 25.4 Å². The molecule has 0 bridgehead atoms. The number of nitrogens with one attached hydrogen (secondary N) is 3. The largest absolute Gasteiger partial charge is 0.490 e. The maximum absolute atomic E-state index is 12.1. The molecule has 0 fully saturated rings. The summed E-state index contributed by atoms with van der Waals surface area (Å²) < 4.78 is 11.3. The van der Waals surface area contributed by atoms with Crippen LogP contribution in [0, 0.1) is 0 Å². The van der Waals surface area contributed by atoms with Gasteiger partial charge in [0, 0.05) is 25.7 Å². The molecule has 30 heavy (non-hydrogen) atoms. The topological polar surface area (TPSA) is 84.0 Å². The molecule has 1 atom stereocenters. The van der Waals surface area contributed by atoms with E-state index in [9.17, 15) is 4.79 Å². The Bertz CT molecular complexity index is 824. The summed E-state index contributed by atoms with van der Waals surface area (Å²) in [5, 5.41) is 9.46. The molecule has 0 saturated heterocycles. The molecule has 2 aromatic carbocycles. The van der Waals surface area contributed by atoms with Crippen LogP contribution in [0.5, 0.6) is 11.5 Å². The number of benzene rings is 2. The van der Waals surface area contributed by atoms with Crippen molar-refractivity contribution in [3.63, 3.8) is 0 Å². The normalized spacial score (nSPS) is 12.1. The molecule has 7 heteroatoms. The van der Waals surface area contributed by atoms with E-state index in [-0.39, 0.29) is 11.9 Å². The molecular weight excluding hydrogens is 380 g/mol. The third-order valence-electron chi connectivity index (χ3n) is 4.38. The Labute approximate surface area is 178 Å². The minimum Gasteiger partial charge on any atom is -0.490 e. The summed E-state index contributed by atoms with van der Waals surface area (Å²) in [5.41, 5.74) is 1.71. The zero-order chi connectivity index (χ0) is 21.8. The molecule has 0 aliphatic carbocycles. The van der Waals surface area contributed by atoms with Gasteiger partial charge in [0.1, 0.15) is 0 Å². The van der Waals surface area contributed by atoms with E-state index in [0.29, 0.717) is 37.8 Å². The monoisotopic (exact) mass is 412 g/mol. The first-order chi connectivity index (χ1) is 14.6. The molecule has 0 radical (unpaired) electrons. The van der Waals surface area contributed by atoms with Gasteiger partial charge in [-0.15, -0.1) is 0 Å². The van der Waals surface area contributed by atoms with Crippen LogP contribution in [0.2, 0.25) is 0 Å². The molecule has 2 aromatic rings. The summed E-state index contributed by atoms with van der Waals surface area (Å²) in [4.78, 5) is 16.3. The predicted molar refractivity (Wildman–Crippen MR) is 120 cm³/mol. The Balaban J connectivity index is 1.86. The fourth-order valence-corrected chi connectivity index (χ4v) is 2.87. The maximum Gasteiger partial charge on any atom is 0.251 e. The van der Waals surface area contributed by atoms with Gasteiger partial charge >= 0.3 is 0 Å². The van der Waals surface area contributed by atoms with Crippen LogP contribution in [-0.4, -0.2) is 45.2 Å². The van der Waals surface area contributed by atoms with Crippen LogP contribution in [0.3, 0.4) is 0 Å². The lowest BCUT2D eigenvalue weighted by Crippen LogP contribution is -2.42. The quantitative estimate of drug-likeness (QED) is 0.317. The highest BCUT2D eigenvalue weighted by Gasteiger charge is 2.12. The second-order valence-corrected chi connectivity index (χ2v) is 6.56. The van der Waals surface area contributed by atoms with E-state index in [4.69, 9.17) is 9.47 Å². The Morgan fingerprint density at radius 3 is 2.30 bits per heavy atom. The first kappa shape index (κ1) is 23.1. The Morgan fingerprint density at radius 1 is 0.967 bits per heavy atom. The van der Waals surface area contributed by atoms with Crippen LogP contribution in [0.25, 0.3) is 0 Å². The SMILES string of the molecule is CCOc1ccc(C(C)NC(=NC)NCCNC(=O)c2ccccc2)cc1OCC. The second-order valence-electron chi connectivity index (χ2n) is 6.56. The average molecular weight is 413 g/mol. The van der Waals surface area contributed by atoms with Gasteiger partial charge in [-0.1, -0.05) is 24.3 Å². The minimum atomic E-state index is -0.0912. The van der Waals surface area contributed by atoms with Crippen molar-refractivity contribution in [3.8, 4) is 11.5 Å². The van der Waals surface area contributed by atoms with Gasteiger partial charge in [0.2, 0.25) is 0 Å². The van der Waals surface area contributed by atoms with Gasteiger partial charge < -0.3 is 25.4 Å². The fourth-order valence-electron chi connectivity index (χ4n) is 2.87. The molecule has 0 aromatic heterocycles. The highest BCUT2D eigenvalue weighted by atomic mass is 16.5. The lowest BCUT2D eigenvalue weighted by atomic mass is 10.1.